The lowest BCUT2D eigenvalue weighted by Crippen LogP contribution is -1.99. The lowest BCUT2D eigenvalue weighted by atomic mass is 9.99. The van der Waals surface area contributed by atoms with E-state index in [9.17, 15) is 0 Å². The topological polar surface area (TPSA) is 43.9 Å². The molecule has 0 saturated heterocycles. The molecule has 4 nitrogen and oxygen atoms in total. The van der Waals surface area contributed by atoms with Crippen molar-refractivity contribution in [3.05, 3.63) is 139 Å². The Bertz CT molecular complexity index is 3150. The average molecular weight is 652 g/mol. The Morgan fingerprint density at radius 2 is 1.27 bits per heavy atom. The average Bonchev–Trinajstić information content (AvgIpc) is 3.81. The Kier molecular flexibility index (Phi) is 5.29. The third-order valence-electron chi connectivity index (χ3n) is 9.75. The standard InChI is InChI=1S/C42H22ClN3OS/c43-42-44-37(35-30-22-21-23-11-1-2-12-24(23)39(30)47-41(35)45-42)28-16-6-9-19-32(28)46-31-18-8-5-15-27(31)36-38(46)26-14-4-3-13-25(26)34-29-17-7-10-20-33(29)48-40(34)36/h1-22H. The number of para-hydroxylation sites is 2. The van der Waals surface area contributed by atoms with Crippen molar-refractivity contribution in [2.45, 2.75) is 0 Å². The summed E-state index contributed by atoms with van der Waals surface area (Å²) >= 11 is 8.55. The van der Waals surface area contributed by atoms with Crippen LogP contribution in [0.25, 0.3) is 103 Å². The lowest BCUT2D eigenvalue weighted by Gasteiger charge is -2.15. The zero-order chi connectivity index (χ0) is 31.5. The van der Waals surface area contributed by atoms with Crippen molar-refractivity contribution >= 4 is 109 Å². The predicted molar refractivity (Wildman–Crippen MR) is 202 cm³/mol. The van der Waals surface area contributed by atoms with Gasteiger partial charge in [-0.1, -0.05) is 109 Å². The van der Waals surface area contributed by atoms with Gasteiger partial charge in [0.15, 0.2) is 0 Å². The van der Waals surface area contributed by atoms with Gasteiger partial charge in [0.2, 0.25) is 11.0 Å². The van der Waals surface area contributed by atoms with Gasteiger partial charge >= 0.3 is 0 Å². The maximum atomic E-state index is 6.68. The van der Waals surface area contributed by atoms with Gasteiger partial charge in [-0.3, -0.25) is 0 Å². The van der Waals surface area contributed by atoms with Gasteiger partial charge in [0.25, 0.3) is 0 Å². The minimum Gasteiger partial charge on any atom is -0.437 e. The lowest BCUT2D eigenvalue weighted by molar-refractivity contribution is 0.656. The van der Waals surface area contributed by atoms with Gasteiger partial charge in [0.05, 0.1) is 27.8 Å². The SMILES string of the molecule is Clc1nc(-c2ccccc2-n2c3ccccc3c3c4sc5ccccc5c4c4ccccc4c32)c2c(n1)oc1c3ccccc3ccc12. The summed E-state index contributed by atoms with van der Waals surface area (Å²) in [5.74, 6) is 0. The molecule has 0 amide bonds. The number of aromatic nitrogens is 3. The fourth-order valence-corrected chi connectivity index (χ4v) is 9.25. The Balaban J connectivity index is 1.32. The van der Waals surface area contributed by atoms with Crippen LogP contribution >= 0.6 is 22.9 Å². The smallest absolute Gasteiger partial charge is 0.232 e. The molecule has 224 valence electrons. The molecule has 0 radical (unpaired) electrons. The maximum absolute atomic E-state index is 6.68. The van der Waals surface area contributed by atoms with E-state index in [4.69, 9.17) is 21.0 Å². The molecule has 0 bridgehead atoms. The molecule has 4 heterocycles. The van der Waals surface area contributed by atoms with Crippen molar-refractivity contribution in [2.24, 2.45) is 0 Å². The Hall–Kier alpha value is -5.75. The monoisotopic (exact) mass is 651 g/mol. The summed E-state index contributed by atoms with van der Waals surface area (Å²) < 4.78 is 11.5. The number of hydrogen-bond acceptors (Lipinski definition) is 4. The highest BCUT2D eigenvalue weighted by molar-refractivity contribution is 7.27. The number of thiophene rings is 1. The van der Waals surface area contributed by atoms with E-state index in [0.29, 0.717) is 5.71 Å². The van der Waals surface area contributed by atoms with Gasteiger partial charge < -0.3 is 8.98 Å². The molecule has 0 N–H and O–H groups in total. The first-order chi connectivity index (χ1) is 23.7. The molecule has 0 atom stereocenters. The number of furan rings is 1. The fraction of sp³-hybridized carbons (Fsp3) is 0. The molecule has 11 aromatic rings. The number of hydrogen-bond donors (Lipinski definition) is 0. The van der Waals surface area contributed by atoms with E-state index in [1.54, 1.807) is 0 Å². The van der Waals surface area contributed by atoms with Crippen LogP contribution in [0.2, 0.25) is 5.28 Å². The molecule has 0 fully saturated rings. The zero-order valence-corrected chi connectivity index (χ0v) is 26.8. The highest BCUT2D eigenvalue weighted by atomic mass is 35.5. The van der Waals surface area contributed by atoms with Crippen molar-refractivity contribution in [1.29, 1.82) is 0 Å². The van der Waals surface area contributed by atoms with E-state index in [1.165, 1.54) is 47.2 Å². The van der Waals surface area contributed by atoms with Crippen LogP contribution in [0.1, 0.15) is 0 Å². The molecule has 4 aromatic heterocycles. The van der Waals surface area contributed by atoms with Crippen LogP contribution in [0.15, 0.2) is 138 Å². The summed E-state index contributed by atoms with van der Waals surface area (Å²) in [6.07, 6.45) is 0. The molecule has 0 aliphatic carbocycles. The molecule has 0 aliphatic rings. The van der Waals surface area contributed by atoms with Crippen molar-refractivity contribution < 1.29 is 4.42 Å². The first-order valence-electron chi connectivity index (χ1n) is 15.9. The van der Waals surface area contributed by atoms with Crippen molar-refractivity contribution in [3.63, 3.8) is 0 Å². The summed E-state index contributed by atoms with van der Waals surface area (Å²) in [5.41, 5.74) is 6.28. The first-order valence-corrected chi connectivity index (χ1v) is 17.1. The molecule has 0 unspecified atom stereocenters. The van der Waals surface area contributed by atoms with Crippen molar-refractivity contribution in [3.8, 4) is 16.9 Å². The summed E-state index contributed by atoms with van der Waals surface area (Å²) in [6.45, 7) is 0. The Morgan fingerprint density at radius 1 is 0.562 bits per heavy atom. The van der Waals surface area contributed by atoms with E-state index in [0.717, 1.165) is 49.6 Å². The second-order valence-corrected chi connectivity index (χ2v) is 13.6. The molecule has 0 saturated carbocycles. The van der Waals surface area contributed by atoms with Crippen LogP contribution in [0.3, 0.4) is 0 Å². The molecule has 6 heteroatoms. The van der Waals surface area contributed by atoms with Gasteiger partial charge in [0, 0.05) is 52.7 Å². The largest absolute Gasteiger partial charge is 0.437 e. The van der Waals surface area contributed by atoms with Crippen molar-refractivity contribution in [1.82, 2.24) is 14.5 Å². The molecular formula is C42H22ClN3OS. The van der Waals surface area contributed by atoms with Crippen LogP contribution < -0.4 is 0 Å². The molecule has 0 spiro atoms. The number of fused-ring (bicyclic) bond motifs is 15. The van der Waals surface area contributed by atoms with Crippen molar-refractivity contribution in [2.75, 3.05) is 0 Å². The number of rotatable bonds is 2. The second-order valence-electron chi connectivity index (χ2n) is 12.2. The highest BCUT2D eigenvalue weighted by Gasteiger charge is 2.25. The number of nitrogens with zero attached hydrogens (tertiary/aromatic N) is 3. The van der Waals surface area contributed by atoms with Gasteiger partial charge in [-0.05, 0) is 46.6 Å². The summed E-state index contributed by atoms with van der Waals surface area (Å²) in [6, 6.07) is 47.3. The second kappa shape index (κ2) is 9.64. The summed E-state index contributed by atoms with van der Waals surface area (Å²) in [7, 11) is 0. The molecule has 11 rings (SSSR count). The normalized spacial score (nSPS) is 12.3. The van der Waals surface area contributed by atoms with Crippen LogP contribution in [0.5, 0.6) is 0 Å². The van der Waals surface area contributed by atoms with Gasteiger partial charge in [0.1, 0.15) is 5.58 Å². The van der Waals surface area contributed by atoms with E-state index < -0.39 is 0 Å². The minimum atomic E-state index is 0.148. The molecular weight excluding hydrogens is 630 g/mol. The van der Waals surface area contributed by atoms with Crippen LogP contribution in [-0.2, 0) is 0 Å². The Morgan fingerprint density at radius 3 is 2.17 bits per heavy atom. The van der Waals surface area contributed by atoms with Crippen LogP contribution in [0, 0.1) is 0 Å². The third-order valence-corrected chi connectivity index (χ3v) is 11.1. The zero-order valence-electron chi connectivity index (χ0n) is 25.2. The van der Waals surface area contributed by atoms with E-state index >= 15 is 0 Å². The van der Waals surface area contributed by atoms with Crippen LogP contribution in [0.4, 0.5) is 0 Å². The summed E-state index contributed by atoms with van der Waals surface area (Å²) in [5, 5.41) is 11.7. The van der Waals surface area contributed by atoms with Gasteiger partial charge in [-0.2, -0.15) is 4.98 Å². The number of halogens is 1. The maximum Gasteiger partial charge on any atom is 0.232 e. The quantitative estimate of drug-likeness (QED) is 0.175. The van der Waals surface area contributed by atoms with E-state index in [1.807, 2.05) is 23.5 Å². The van der Waals surface area contributed by atoms with Gasteiger partial charge in [-0.15, -0.1) is 11.3 Å². The number of benzene rings is 7. The molecule has 0 aliphatic heterocycles. The molecule has 7 aromatic carbocycles. The summed E-state index contributed by atoms with van der Waals surface area (Å²) in [4.78, 5) is 9.50. The fourth-order valence-electron chi connectivity index (χ4n) is 7.81. The Labute approximate surface area is 282 Å². The van der Waals surface area contributed by atoms with Gasteiger partial charge in [-0.25, -0.2) is 4.98 Å². The van der Waals surface area contributed by atoms with E-state index in [-0.39, 0.29) is 5.28 Å². The highest BCUT2D eigenvalue weighted by Crippen LogP contribution is 2.49. The predicted octanol–water partition coefficient (Wildman–Crippen LogP) is 12.5. The minimum absolute atomic E-state index is 0.148. The molecule has 48 heavy (non-hydrogen) atoms. The first kappa shape index (κ1) is 26.3. The van der Waals surface area contributed by atoms with E-state index in [2.05, 4.69) is 131 Å². The van der Waals surface area contributed by atoms with Crippen LogP contribution in [-0.4, -0.2) is 14.5 Å². The third kappa shape index (κ3) is 3.44.